The molecule has 1 aliphatic rings. The van der Waals surface area contributed by atoms with Crippen molar-refractivity contribution in [2.24, 2.45) is 0 Å². The maximum absolute atomic E-state index is 13.1. The monoisotopic (exact) mass is 522 g/mol. The standard InChI is InChI=1S/C20H22FIN2O2.ClH.H2O/c1-26-19-9-8-16(22)11-18(19)20(25)23-12-17-3-2-10-24(17)13-14-4-6-15(21)7-5-14;;/h4-9,11,17H,2-3,10,12-13H2,1H3,(H,23,25);1H;1H2. The number of ether oxygens (including phenoxy) is 1. The Hall–Kier alpha value is -1.42. The van der Waals surface area contributed by atoms with Crippen LogP contribution >= 0.6 is 35.0 Å². The van der Waals surface area contributed by atoms with E-state index in [0.29, 0.717) is 17.9 Å². The molecule has 1 heterocycles. The van der Waals surface area contributed by atoms with Crippen LogP contribution in [0.1, 0.15) is 28.8 Å². The van der Waals surface area contributed by atoms with Gasteiger partial charge in [-0.05, 0) is 77.9 Å². The van der Waals surface area contributed by atoms with Crippen LogP contribution in [0.3, 0.4) is 0 Å². The van der Waals surface area contributed by atoms with E-state index >= 15 is 0 Å². The third-order valence-corrected chi connectivity index (χ3v) is 5.37. The summed E-state index contributed by atoms with van der Waals surface area (Å²) in [5, 5.41) is 3.04. The van der Waals surface area contributed by atoms with Gasteiger partial charge >= 0.3 is 0 Å². The molecule has 1 fully saturated rings. The number of nitrogens with one attached hydrogen (secondary N) is 1. The van der Waals surface area contributed by atoms with Crippen molar-refractivity contribution in [1.29, 1.82) is 0 Å². The predicted molar refractivity (Wildman–Crippen MR) is 119 cm³/mol. The zero-order valence-electron chi connectivity index (χ0n) is 15.6. The van der Waals surface area contributed by atoms with E-state index in [1.165, 1.54) is 12.1 Å². The Bertz CT molecular complexity index is 777. The lowest BCUT2D eigenvalue weighted by Gasteiger charge is -2.25. The quantitative estimate of drug-likeness (QED) is 0.591. The average Bonchev–Trinajstić information content (AvgIpc) is 3.08. The molecule has 1 saturated heterocycles. The van der Waals surface area contributed by atoms with E-state index in [1.54, 1.807) is 7.11 Å². The molecule has 28 heavy (non-hydrogen) atoms. The Morgan fingerprint density at radius 2 is 2.00 bits per heavy atom. The van der Waals surface area contributed by atoms with Crippen molar-refractivity contribution in [3.05, 3.63) is 63.0 Å². The molecule has 1 unspecified atom stereocenters. The van der Waals surface area contributed by atoms with Gasteiger partial charge in [0.05, 0.1) is 12.7 Å². The molecule has 0 aromatic heterocycles. The Balaban J connectivity index is 0.00000196. The molecule has 0 radical (unpaired) electrons. The van der Waals surface area contributed by atoms with Gasteiger partial charge in [0.1, 0.15) is 11.6 Å². The van der Waals surface area contributed by atoms with Crippen LogP contribution in [0, 0.1) is 9.39 Å². The van der Waals surface area contributed by atoms with Gasteiger partial charge in [-0.2, -0.15) is 0 Å². The van der Waals surface area contributed by atoms with Crippen molar-refractivity contribution < 1.29 is 19.4 Å². The summed E-state index contributed by atoms with van der Waals surface area (Å²) in [6.45, 7) is 2.35. The van der Waals surface area contributed by atoms with Crippen molar-refractivity contribution in [3.63, 3.8) is 0 Å². The number of nitrogens with zero attached hydrogens (tertiary/aromatic N) is 1. The number of amides is 1. The maximum atomic E-state index is 13.1. The molecule has 1 atom stereocenters. The average molecular weight is 523 g/mol. The Labute approximate surface area is 184 Å². The van der Waals surface area contributed by atoms with E-state index in [9.17, 15) is 9.18 Å². The van der Waals surface area contributed by atoms with Crippen LogP contribution < -0.4 is 10.1 Å². The molecule has 0 spiro atoms. The van der Waals surface area contributed by atoms with E-state index < -0.39 is 0 Å². The third-order valence-electron chi connectivity index (χ3n) is 4.70. The molecular formula is C20H25ClFIN2O3. The maximum Gasteiger partial charge on any atom is 0.255 e. The number of carbonyl (C=O) groups is 1. The summed E-state index contributed by atoms with van der Waals surface area (Å²) in [4.78, 5) is 14.9. The Morgan fingerprint density at radius 1 is 1.29 bits per heavy atom. The summed E-state index contributed by atoms with van der Waals surface area (Å²) >= 11 is 2.19. The zero-order chi connectivity index (χ0) is 18.5. The fourth-order valence-corrected chi connectivity index (χ4v) is 3.81. The van der Waals surface area contributed by atoms with Crippen molar-refractivity contribution in [2.45, 2.75) is 25.4 Å². The van der Waals surface area contributed by atoms with Crippen LogP contribution in [0.5, 0.6) is 5.75 Å². The molecule has 5 nitrogen and oxygen atoms in total. The number of carbonyl (C=O) groups excluding carboxylic acids is 1. The first-order chi connectivity index (χ1) is 12.6. The minimum Gasteiger partial charge on any atom is -0.496 e. The first kappa shape index (κ1) is 24.6. The number of hydrogen-bond acceptors (Lipinski definition) is 3. The van der Waals surface area contributed by atoms with Gasteiger partial charge in [-0.1, -0.05) is 12.1 Å². The van der Waals surface area contributed by atoms with Crippen LogP contribution in [-0.2, 0) is 6.54 Å². The Morgan fingerprint density at radius 3 is 2.68 bits per heavy atom. The molecule has 8 heteroatoms. The summed E-state index contributed by atoms with van der Waals surface area (Å²) < 4.78 is 19.4. The minimum absolute atomic E-state index is 0. The molecule has 1 amide bonds. The van der Waals surface area contributed by atoms with Crippen LogP contribution in [0.15, 0.2) is 42.5 Å². The van der Waals surface area contributed by atoms with Gasteiger partial charge in [-0.15, -0.1) is 12.4 Å². The fourth-order valence-electron chi connectivity index (χ4n) is 3.32. The number of hydrogen-bond donors (Lipinski definition) is 1. The second-order valence-electron chi connectivity index (χ2n) is 6.45. The first-order valence-electron chi connectivity index (χ1n) is 8.67. The van der Waals surface area contributed by atoms with Gasteiger partial charge in [0.15, 0.2) is 0 Å². The van der Waals surface area contributed by atoms with Crippen molar-refractivity contribution in [2.75, 3.05) is 20.2 Å². The van der Waals surface area contributed by atoms with Crippen molar-refractivity contribution >= 4 is 40.9 Å². The van der Waals surface area contributed by atoms with Crippen LogP contribution in [-0.4, -0.2) is 42.5 Å². The molecule has 0 saturated carbocycles. The number of benzene rings is 2. The molecule has 2 aromatic carbocycles. The summed E-state index contributed by atoms with van der Waals surface area (Å²) in [5.41, 5.74) is 1.64. The van der Waals surface area contributed by atoms with E-state index in [4.69, 9.17) is 4.74 Å². The van der Waals surface area contributed by atoms with Crippen molar-refractivity contribution in [1.82, 2.24) is 10.2 Å². The molecule has 3 N–H and O–H groups in total. The first-order valence-corrected chi connectivity index (χ1v) is 9.75. The highest BCUT2D eigenvalue weighted by molar-refractivity contribution is 14.1. The summed E-state index contributed by atoms with van der Waals surface area (Å²) in [6, 6.07) is 12.5. The summed E-state index contributed by atoms with van der Waals surface area (Å²) in [7, 11) is 1.57. The highest BCUT2D eigenvalue weighted by Crippen LogP contribution is 2.22. The molecule has 3 rings (SSSR count). The van der Waals surface area contributed by atoms with Crippen LogP contribution in [0.4, 0.5) is 4.39 Å². The number of likely N-dealkylation sites (tertiary alicyclic amines) is 1. The summed E-state index contributed by atoms with van der Waals surface area (Å²) in [5.74, 6) is 0.247. The van der Waals surface area contributed by atoms with Gasteiger partial charge in [-0.25, -0.2) is 4.39 Å². The normalized spacial score (nSPS) is 16.0. The second kappa shape index (κ2) is 11.5. The lowest BCUT2D eigenvalue weighted by Crippen LogP contribution is -2.39. The van der Waals surface area contributed by atoms with E-state index in [1.807, 2.05) is 30.3 Å². The molecule has 0 aliphatic carbocycles. The highest BCUT2D eigenvalue weighted by Gasteiger charge is 2.25. The smallest absolute Gasteiger partial charge is 0.255 e. The van der Waals surface area contributed by atoms with Gasteiger partial charge in [0.25, 0.3) is 5.91 Å². The van der Waals surface area contributed by atoms with Gasteiger partial charge in [-0.3, -0.25) is 9.69 Å². The molecule has 154 valence electrons. The van der Waals surface area contributed by atoms with Gasteiger partial charge in [0, 0.05) is 22.7 Å². The number of rotatable bonds is 6. The zero-order valence-corrected chi connectivity index (χ0v) is 18.6. The fraction of sp³-hybridized carbons (Fsp3) is 0.350. The summed E-state index contributed by atoms with van der Waals surface area (Å²) in [6.07, 6.45) is 2.15. The number of halogens is 3. The second-order valence-corrected chi connectivity index (χ2v) is 7.69. The van der Waals surface area contributed by atoms with E-state index in [2.05, 4.69) is 32.8 Å². The molecule has 2 aromatic rings. The van der Waals surface area contributed by atoms with Crippen LogP contribution in [0.25, 0.3) is 0 Å². The van der Waals surface area contributed by atoms with Gasteiger partial charge in [0.2, 0.25) is 0 Å². The predicted octanol–water partition coefficient (Wildman–Crippen LogP) is 3.43. The Kier molecular flexibility index (Phi) is 10.2. The molecular weight excluding hydrogens is 498 g/mol. The minimum atomic E-state index is -0.217. The lowest BCUT2D eigenvalue weighted by molar-refractivity contribution is 0.0936. The molecule has 1 aliphatic heterocycles. The SMILES string of the molecule is COc1ccc(I)cc1C(=O)NCC1CCCN1Cc1ccc(F)cc1.Cl.O. The topological polar surface area (TPSA) is 73.1 Å². The lowest BCUT2D eigenvalue weighted by atomic mass is 10.1. The highest BCUT2D eigenvalue weighted by atomic mass is 127. The van der Waals surface area contributed by atoms with Crippen LogP contribution in [0.2, 0.25) is 0 Å². The van der Waals surface area contributed by atoms with E-state index in [0.717, 1.165) is 35.1 Å². The molecule has 0 bridgehead atoms. The largest absolute Gasteiger partial charge is 0.496 e. The van der Waals surface area contributed by atoms with Gasteiger partial charge < -0.3 is 15.5 Å². The number of methoxy groups -OCH3 is 1. The third kappa shape index (κ3) is 6.30. The van der Waals surface area contributed by atoms with E-state index in [-0.39, 0.29) is 35.6 Å². The van der Waals surface area contributed by atoms with Crippen molar-refractivity contribution in [3.8, 4) is 5.75 Å².